The summed E-state index contributed by atoms with van der Waals surface area (Å²) in [5.41, 5.74) is -0.394. The summed E-state index contributed by atoms with van der Waals surface area (Å²) in [5, 5.41) is 8.29. The van der Waals surface area contributed by atoms with Crippen molar-refractivity contribution in [1.29, 1.82) is 0 Å². The van der Waals surface area contributed by atoms with Gasteiger partial charge in [-0.2, -0.15) is 0 Å². The predicted octanol–water partition coefficient (Wildman–Crippen LogP) is 2.37. The summed E-state index contributed by atoms with van der Waals surface area (Å²) in [5.74, 6) is -0.951. The topological polar surface area (TPSA) is 37.3 Å². The minimum atomic E-state index is -0.951. The van der Waals surface area contributed by atoms with Crippen LogP contribution in [-0.2, 0) is 4.79 Å². The summed E-state index contributed by atoms with van der Waals surface area (Å²) >= 11 is 6.03. The molecule has 0 heterocycles. The van der Waals surface area contributed by atoms with Gasteiger partial charge in [-0.1, -0.05) is 37.3 Å². The molecule has 0 spiro atoms. The Kier molecular flexibility index (Phi) is 2.94. The van der Waals surface area contributed by atoms with E-state index in [9.17, 15) is 4.79 Å². The third-order valence-corrected chi connectivity index (χ3v) is 2.64. The number of alkyl halides is 1. The van der Waals surface area contributed by atoms with Crippen LogP contribution in [0.15, 0.2) is 36.5 Å². The van der Waals surface area contributed by atoms with Crippen molar-refractivity contribution in [3.63, 3.8) is 0 Å². The molecule has 0 fully saturated rings. The van der Waals surface area contributed by atoms with Crippen LogP contribution in [0.5, 0.6) is 0 Å². The number of carboxylic acid groups (broad SMARTS) is 1. The van der Waals surface area contributed by atoms with E-state index < -0.39 is 11.4 Å². The first-order valence-electron chi connectivity index (χ1n) is 3.97. The van der Waals surface area contributed by atoms with Gasteiger partial charge in [-0.05, 0) is 0 Å². The first kappa shape index (κ1) is 10.1. The zero-order chi connectivity index (χ0) is 9.90. The number of allylic oxidation sites excluding steroid dienone is 5. The largest absolute Gasteiger partial charge is 0.478 e. The smallest absolute Gasteiger partial charge is 0.328 e. The highest BCUT2D eigenvalue weighted by Crippen LogP contribution is 2.33. The summed E-state index contributed by atoms with van der Waals surface area (Å²) in [6.07, 6.45) is 10.2. The van der Waals surface area contributed by atoms with Crippen molar-refractivity contribution in [3.8, 4) is 0 Å². The number of hydrogen-bond donors (Lipinski definition) is 1. The van der Waals surface area contributed by atoms with E-state index in [1.165, 1.54) is 0 Å². The second-order valence-electron chi connectivity index (χ2n) is 3.18. The van der Waals surface area contributed by atoms with Crippen molar-refractivity contribution in [2.24, 2.45) is 5.41 Å². The van der Waals surface area contributed by atoms with Crippen molar-refractivity contribution in [3.05, 3.63) is 36.5 Å². The van der Waals surface area contributed by atoms with Crippen molar-refractivity contribution in [2.75, 3.05) is 0 Å². The highest BCUT2D eigenvalue weighted by Gasteiger charge is 2.27. The van der Waals surface area contributed by atoms with Gasteiger partial charge in [0.15, 0.2) is 0 Å². The Labute approximate surface area is 82.2 Å². The minimum Gasteiger partial charge on any atom is -0.478 e. The predicted molar refractivity (Wildman–Crippen MR) is 52.8 cm³/mol. The summed E-state index contributed by atoms with van der Waals surface area (Å²) in [6, 6.07) is 0. The van der Waals surface area contributed by atoms with Crippen LogP contribution in [0, 0.1) is 5.41 Å². The van der Waals surface area contributed by atoms with Gasteiger partial charge in [0.1, 0.15) is 0 Å². The van der Waals surface area contributed by atoms with Crippen LogP contribution in [0.1, 0.15) is 6.92 Å². The molecule has 70 valence electrons. The molecule has 3 heteroatoms. The first-order chi connectivity index (χ1) is 6.04. The Bertz CT molecular complexity index is 291. The van der Waals surface area contributed by atoms with Gasteiger partial charge in [0.05, 0.1) is 5.38 Å². The molecule has 1 aliphatic rings. The van der Waals surface area contributed by atoms with Gasteiger partial charge in [0, 0.05) is 11.5 Å². The zero-order valence-corrected chi connectivity index (χ0v) is 8.03. The molecule has 2 unspecified atom stereocenters. The fraction of sp³-hybridized carbons (Fsp3) is 0.300. The maximum Gasteiger partial charge on any atom is 0.328 e. The van der Waals surface area contributed by atoms with E-state index in [0.29, 0.717) is 0 Å². The van der Waals surface area contributed by atoms with E-state index in [1.54, 1.807) is 6.08 Å². The molecule has 1 aliphatic carbocycles. The first-order valence-corrected chi connectivity index (χ1v) is 4.40. The fourth-order valence-electron chi connectivity index (χ4n) is 1.12. The van der Waals surface area contributed by atoms with E-state index >= 15 is 0 Å². The molecule has 0 aromatic carbocycles. The lowest BCUT2D eigenvalue weighted by Crippen LogP contribution is -2.23. The number of rotatable bonds is 2. The van der Waals surface area contributed by atoms with Crippen molar-refractivity contribution >= 4 is 17.6 Å². The second-order valence-corrected chi connectivity index (χ2v) is 3.65. The zero-order valence-electron chi connectivity index (χ0n) is 7.27. The molecule has 0 bridgehead atoms. The van der Waals surface area contributed by atoms with E-state index in [0.717, 1.165) is 6.08 Å². The summed E-state index contributed by atoms with van der Waals surface area (Å²) in [7, 11) is 0. The Balaban J connectivity index is 2.81. The Morgan fingerprint density at radius 3 is 2.85 bits per heavy atom. The summed E-state index contributed by atoms with van der Waals surface area (Å²) in [4.78, 5) is 10.3. The van der Waals surface area contributed by atoms with Crippen LogP contribution in [0.2, 0.25) is 0 Å². The normalized spacial score (nSPS) is 32.6. The fourth-order valence-corrected chi connectivity index (χ4v) is 1.35. The van der Waals surface area contributed by atoms with Crippen molar-refractivity contribution in [2.45, 2.75) is 12.3 Å². The molecule has 0 saturated heterocycles. The van der Waals surface area contributed by atoms with Gasteiger partial charge in [0.25, 0.3) is 0 Å². The van der Waals surface area contributed by atoms with Crippen LogP contribution in [0.3, 0.4) is 0 Å². The monoisotopic (exact) mass is 198 g/mol. The van der Waals surface area contributed by atoms with Gasteiger partial charge in [-0.3, -0.25) is 0 Å². The molecule has 0 aromatic heterocycles. The molecule has 1 N–H and O–H groups in total. The molecular formula is C10H11ClO2. The molecule has 0 saturated carbocycles. The van der Waals surface area contributed by atoms with E-state index in [1.807, 2.05) is 31.2 Å². The van der Waals surface area contributed by atoms with E-state index in [-0.39, 0.29) is 5.38 Å². The van der Waals surface area contributed by atoms with Crippen molar-refractivity contribution < 1.29 is 9.90 Å². The Morgan fingerprint density at radius 2 is 2.31 bits per heavy atom. The lowest BCUT2D eigenvalue weighted by Gasteiger charge is -2.27. The van der Waals surface area contributed by atoms with Gasteiger partial charge in [0.2, 0.25) is 0 Å². The van der Waals surface area contributed by atoms with Crippen molar-refractivity contribution in [1.82, 2.24) is 0 Å². The maximum atomic E-state index is 10.3. The maximum absolute atomic E-state index is 10.3. The lowest BCUT2D eigenvalue weighted by atomic mass is 9.83. The van der Waals surface area contributed by atoms with Gasteiger partial charge in [-0.25, -0.2) is 4.79 Å². The number of halogens is 1. The molecule has 0 radical (unpaired) electrons. The number of carbonyl (C=O) groups is 1. The average Bonchev–Trinajstić information content (AvgIpc) is 2.07. The molecule has 1 rings (SSSR count). The third kappa shape index (κ3) is 2.46. The lowest BCUT2D eigenvalue weighted by molar-refractivity contribution is -0.131. The molecule has 0 aromatic rings. The highest BCUT2D eigenvalue weighted by atomic mass is 35.5. The van der Waals surface area contributed by atoms with Gasteiger partial charge < -0.3 is 5.11 Å². The summed E-state index contributed by atoms with van der Waals surface area (Å²) in [6.45, 7) is 1.89. The molecule has 0 aliphatic heterocycles. The molecule has 13 heavy (non-hydrogen) atoms. The van der Waals surface area contributed by atoms with Gasteiger partial charge >= 0.3 is 5.97 Å². The van der Waals surface area contributed by atoms with Crippen LogP contribution in [0.4, 0.5) is 0 Å². The standard InChI is InChI=1S/C10H11ClO2/c1-10(7-5-9(12)13)6-3-2-4-8(10)11/h2-8H,1H3,(H,12,13). The molecule has 2 atom stereocenters. The molecular weight excluding hydrogens is 188 g/mol. The van der Waals surface area contributed by atoms with Gasteiger partial charge in [-0.15, -0.1) is 11.6 Å². The quantitative estimate of drug-likeness (QED) is 0.547. The Hall–Kier alpha value is -1.02. The van der Waals surface area contributed by atoms with Crippen LogP contribution >= 0.6 is 11.6 Å². The Morgan fingerprint density at radius 1 is 1.62 bits per heavy atom. The van der Waals surface area contributed by atoms with E-state index in [2.05, 4.69) is 0 Å². The minimum absolute atomic E-state index is 0.187. The van der Waals surface area contributed by atoms with Crippen LogP contribution in [-0.4, -0.2) is 16.5 Å². The molecule has 0 amide bonds. The van der Waals surface area contributed by atoms with Crippen LogP contribution < -0.4 is 0 Å². The number of hydrogen-bond acceptors (Lipinski definition) is 1. The second kappa shape index (κ2) is 3.79. The number of carboxylic acids is 1. The van der Waals surface area contributed by atoms with E-state index in [4.69, 9.17) is 16.7 Å². The summed E-state index contributed by atoms with van der Waals surface area (Å²) < 4.78 is 0. The van der Waals surface area contributed by atoms with Crippen LogP contribution in [0.25, 0.3) is 0 Å². The molecule has 2 nitrogen and oxygen atoms in total. The SMILES string of the molecule is CC1(C=CC(=O)O)C=CC=CC1Cl. The third-order valence-electron chi connectivity index (χ3n) is 2.03. The number of aliphatic carboxylic acids is 1. The highest BCUT2D eigenvalue weighted by molar-refractivity contribution is 6.22. The average molecular weight is 199 g/mol.